The van der Waals surface area contributed by atoms with Gasteiger partial charge in [-0.05, 0) is 41.2 Å². The molecule has 2 atom stereocenters. The normalized spacial score (nSPS) is 31.6. The average Bonchev–Trinajstić information content (AvgIpc) is 2.35. The van der Waals surface area contributed by atoms with Crippen molar-refractivity contribution in [1.82, 2.24) is 0 Å². The number of Topliss-reactive ketones (excluding diaryl/α,β-unsaturated/α-hetero) is 1. The first-order chi connectivity index (χ1) is 9.27. The second-order valence-electron chi connectivity index (χ2n) is 7.30. The molecule has 3 rings (SSSR count). The number of phenolic OH excluding ortho intramolecular Hbond substituents is 2. The number of ketones is 1. The molecule has 0 aromatic heterocycles. The SMILES string of the molecule is CC1(C)CCCC2(C)c3ccc(O)c(O)c3C(=O)CC12. The Hall–Kier alpha value is -1.51. The van der Waals surface area contributed by atoms with Crippen molar-refractivity contribution in [1.29, 1.82) is 0 Å². The highest BCUT2D eigenvalue weighted by molar-refractivity contribution is 6.02. The van der Waals surface area contributed by atoms with Crippen LogP contribution in [0.5, 0.6) is 11.5 Å². The van der Waals surface area contributed by atoms with Gasteiger partial charge in [-0.2, -0.15) is 0 Å². The van der Waals surface area contributed by atoms with Gasteiger partial charge in [-0.15, -0.1) is 0 Å². The third kappa shape index (κ3) is 1.62. The molecular weight excluding hydrogens is 252 g/mol. The Labute approximate surface area is 119 Å². The van der Waals surface area contributed by atoms with Crippen LogP contribution >= 0.6 is 0 Å². The molecule has 0 heterocycles. The number of hydrogen-bond acceptors (Lipinski definition) is 3. The van der Waals surface area contributed by atoms with Crippen LogP contribution in [0.25, 0.3) is 0 Å². The van der Waals surface area contributed by atoms with Crippen molar-refractivity contribution in [3.8, 4) is 11.5 Å². The molecule has 108 valence electrons. The summed E-state index contributed by atoms with van der Waals surface area (Å²) in [6.45, 7) is 6.70. The van der Waals surface area contributed by atoms with Crippen LogP contribution in [0.2, 0.25) is 0 Å². The monoisotopic (exact) mass is 274 g/mol. The summed E-state index contributed by atoms with van der Waals surface area (Å²) in [7, 11) is 0. The number of aromatic hydroxyl groups is 2. The Bertz CT molecular complexity index is 588. The molecular formula is C17H22O3. The molecule has 3 nitrogen and oxygen atoms in total. The van der Waals surface area contributed by atoms with Crippen LogP contribution in [-0.2, 0) is 5.41 Å². The van der Waals surface area contributed by atoms with E-state index in [0.717, 1.165) is 24.8 Å². The summed E-state index contributed by atoms with van der Waals surface area (Å²) < 4.78 is 0. The second kappa shape index (κ2) is 4.00. The van der Waals surface area contributed by atoms with E-state index in [1.807, 2.05) is 6.07 Å². The van der Waals surface area contributed by atoms with E-state index in [4.69, 9.17) is 0 Å². The van der Waals surface area contributed by atoms with Gasteiger partial charge in [0.1, 0.15) is 0 Å². The number of rotatable bonds is 0. The molecule has 1 saturated carbocycles. The lowest BCUT2D eigenvalue weighted by Crippen LogP contribution is -2.49. The number of carbonyl (C=O) groups excluding carboxylic acids is 1. The van der Waals surface area contributed by atoms with Crippen LogP contribution < -0.4 is 0 Å². The Kier molecular flexibility index (Phi) is 2.69. The number of fused-ring (bicyclic) bond motifs is 3. The maximum Gasteiger partial charge on any atom is 0.168 e. The van der Waals surface area contributed by atoms with Gasteiger partial charge in [-0.25, -0.2) is 0 Å². The summed E-state index contributed by atoms with van der Waals surface area (Å²) in [5.41, 5.74) is 1.31. The van der Waals surface area contributed by atoms with Gasteiger partial charge in [-0.3, -0.25) is 4.79 Å². The van der Waals surface area contributed by atoms with Gasteiger partial charge in [0.2, 0.25) is 0 Å². The van der Waals surface area contributed by atoms with Gasteiger partial charge >= 0.3 is 0 Å². The molecule has 0 radical (unpaired) electrons. The first kappa shape index (κ1) is 13.5. The fraction of sp³-hybridized carbons (Fsp3) is 0.588. The highest BCUT2D eigenvalue weighted by Crippen LogP contribution is 2.58. The minimum absolute atomic E-state index is 0.0362. The molecule has 2 aliphatic rings. The second-order valence-corrected chi connectivity index (χ2v) is 7.30. The molecule has 0 saturated heterocycles. The van der Waals surface area contributed by atoms with Crippen molar-refractivity contribution in [3.63, 3.8) is 0 Å². The molecule has 0 spiro atoms. The smallest absolute Gasteiger partial charge is 0.168 e. The van der Waals surface area contributed by atoms with E-state index in [9.17, 15) is 15.0 Å². The molecule has 3 heteroatoms. The van der Waals surface area contributed by atoms with Crippen LogP contribution in [0.4, 0.5) is 0 Å². The predicted octanol–water partition coefficient (Wildman–Crippen LogP) is 3.77. The van der Waals surface area contributed by atoms with Crippen LogP contribution in [-0.4, -0.2) is 16.0 Å². The first-order valence-corrected chi connectivity index (χ1v) is 7.36. The molecule has 0 amide bonds. The van der Waals surface area contributed by atoms with Crippen LogP contribution in [0.3, 0.4) is 0 Å². The molecule has 1 aromatic carbocycles. The van der Waals surface area contributed by atoms with E-state index in [1.165, 1.54) is 6.07 Å². The molecule has 0 bridgehead atoms. The molecule has 2 aliphatic carbocycles. The van der Waals surface area contributed by atoms with Crippen LogP contribution in [0.15, 0.2) is 12.1 Å². The van der Waals surface area contributed by atoms with Crippen molar-refractivity contribution in [2.45, 2.75) is 51.9 Å². The highest BCUT2D eigenvalue weighted by Gasteiger charge is 2.52. The van der Waals surface area contributed by atoms with Gasteiger partial charge < -0.3 is 10.2 Å². The summed E-state index contributed by atoms with van der Waals surface area (Å²) in [5, 5.41) is 19.8. The van der Waals surface area contributed by atoms with Crippen LogP contribution in [0, 0.1) is 11.3 Å². The third-order valence-electron chi connectivity index (χ3n) is 5.67. The molecule has 2 N–H and O–H groups in total. The fourth-order valence-corrected chi connectivity index (χ4v) is 4.57. The van der Waals surface area contributed by atoms with E-state index in [0.29, 0.717) is 17.9 Å². The van der Waals surface area contributed by atoms with Crippen LogP contribution in [0.1, 0.15) is 62.4 Å². The van der Waals surface area contributed by atoms with Gasteiger partial charge in [0, 0.05) is 6.42 Å². The summed E-state index contributed by atoms with van der Waals surface area (Å²) in [6.07, 6.45) is 3.77. The number of benzene rings is 1. The first-order valence-electron chi connectivity index (χ1n) is 7.36. The summed E-state index contributed by atoms with van der Waals surface area (Å²) in [4.78, 5) is 12.5. The maximum absolute atomic E-state index is 12.5. The zero-order valence-electron chi connectivity index (χ0n) is 12.4. The quantitative estimate of drug-likeness (QED) is 0.708. The minimum atomic E-state index is -0.240. The van der Waals surface area contributed by atoms with E-state index in [-0.39, 0.29) is 28.1 Å². The zero-order valence-corrected chi connectivity index (χ0v) is 12.4. The lowest BCUT2D eigenvalue weighted by Gasteiger charge is -2.53. The summed E-state index contributed by atoms with van der Waals surface area (Å²) in [6, 6.07) is 3.34. The number of hydrogen-bond donors (Lipinski definition) is 2. The largest absolute Gasteiger partial charge is 0.504 e. The van der Waals surface area contributed by atoms with Crippen molar-refractivity contribution in [2.75, 3.05) is 0 Å². The molecule has 2 unspecified atom stereocenters. The fourth-order valence-electron chi connectivity index (χ4n) is 4.57. The van der Waals surface area contributed by atoms with Gasteiger partial charge in [-0.1, -0.05) is 33.3 Å². The summed E-state index contributed by atoms with van der Waals surface area (Å²) >= 11 is 0. The average molecular weight is 274 g/mol. The van der Waals surface area contributed by atoms with E-state index >= 15 is 0 Å². The molecule has 1 fully saturated rings. The van der Waals surface area contributed by atoms with Crippen molar-refractivity contribution in [3.05, 3.63) is 23.3 Å². The van der Waals surface area contributed by atoms with E-state index in [1.54, 1.807) is 0 Å². The minimum Gasteiger partial charge on any atom is -0.504 e. The Morgan fingerprint density at radius 2 is 1.85 bits per heavy atom. The topological polar surface area (TPSA) is 57.5 Å². The van der Waals surface area contributed by atoms with Gasteiger partial charge in [0.25, 0.3) is 0 Å². The molecule has 0 aliphatic heterocycles. The number of carbonyl (C=O) groups is 1. The third-order valence-corrected chi connectivity index (χ3v) is 5.67. The van der Waals surface area contributed by atoms with Gasteiger partial charge in [0.05, 0.1) is 5.56 Å². The number of phenols is 2. The van der Waals surface area contributed by atoms with E-state index < -0.39 is 0 Å². The van der Waals surface area contributed by atoms with Crippen molar-refractivity contribution >= 4 is 5.78 Å². The Balaban J connectivity index is 2.24. The summed E-state index contributed by atoms with van der Waals surface area (Å²) in [5.74, 6) is -0.177. The standard InChI is InChI=1S/C17H22O3/c1-16(2)7-4-8-17(3)10-5-6-11(18)15(20)14(10)12(19)9-13(16)17/h5-6,13,18,20H,4,7-9H2,1-3H3. The van der Waals surface area contributed by atoms with Crippen molar-refractivity contribution < 1.29 is 15.0 Å². The lowest BCUT2D eigenvalue weighted by atomic mass is 9.50. The zero-order chi connectivity index (χ0) is 14.7. The molecule has 1 aromatic rings. The maximum atomic E-state index is 12.5. The Morgan fingerprint density at radius 1 is 1.15 bits per heavy atom. The van der Waals surface area contributed by atoms with E-state index in [2.05, 4.69) is 20.8 Å². The lowest BCUT2D eigenvalue weighted by molar-refractivity contribution is 0.0364. The van der Waals surface area contributed by atoms with Gasteiger partial charge in [0.15, 0.2) is 17.3 Å². The molecule has 20 heavy (non-hydrogen) atoms. The van der Waals surface area contributed by atoms with Crippen molar-refractivity contribution in [2.24, 2.45) is 11.3 Å². The Morgan fingerprint density at radius 3 is 2.55 bits per heavy atom. The predicted molar refractivity (Wildman–Crippen MR) is 77.2 cm³/mol. The highest BCUT2D eigenvalue weighted by atomic mass is 16.3.